The summed E-state index contributed by atoms with van der Waals surface area (Å²) in [5.41, 5.74) is 3.85. The van der Waals surface area contributed by atoms with Crippen LogP contribution in [0.15, 0.2) is 18.3 Å². The molecule has 0 amide bonds. The number of hydrogen-bond acceptors (Lipinski definition) is 4. The fourth-order valence-corrected chi connectivity index (χ4v) is 2.03. The molecule has 2 rings (SSSR count). The van der Waals surface area contributed by atoms with Gasteiger partial charge in [-0.3, -0.25) is 4.90 Å². The van der Waals surface area contributed by atoms with Gasteiger partial charge in [0, 0.05) is 24.3 Å². The lowest BCUT2D eigenvalue weighted by Crippen LogP contribution is -2.27. The van der Waals surface area contributed by atoms with Crippen LogP contribution in [0.5, 0.6) is 0 Å². The summed E-state index contributed by atoms with van der Waals surface area (Å²) >= 11 is 0. The lowest BCUT2D eigenvalue weighted by molar-refractivity contribution is 0.255. The van der Waals surface area contributed by atoms with Crippen LogP contribution in [0.3, 0.4) is 0 Å². The molecule has 16 heavy (non-hydrogen) atoms. The number of hydrogen-bond donors (Lipinski definition) is 2. The zero-order chi connectivity index (χ0) is 11.4. The van der Waals surface area contributed by atoms with Crippen molar-refractivity contribution in [1.82, 2.24) is 9.88 Å². The molecule has 1 aromatic heterocycles. The largest absolute Gasteiger partial charge is 0.308 e. The van der Waals surface area contributed by atoms with Gasteiger partial charge < -0.3 is 5.43 Å². The Hall–Kier alpha value is -1.13. The van der Waals surface area contributed by atoms with Crippen molar-refractivity contribution in [3.05, 3.63) is 23.9 Å². The highest BCUT2D eigenvalue weighted by molar-refractivity contribution is 5.42. The highest BCUT2D eigenvalue weighted by Crippen LogP contribution is 2.29. The molecule has 0 saturated heterocycles. The van der Waals surface area contributed by atoms with E-state index >= 15 is 0 Å². The van der Waals surface area contributed by atoms with Crippen LogP contribution in [0.25, 0.3) is 0 Å². The summed E-state index contributed by atoms with van der Waals surface area (Å²) in [6.45, 7) is 4.33. The van der Waals surface area contributed by atoms with Crippen LogP contribution >= 0.6 is 0 Å². The molecule has 0 spiro atoms. The van der Waals surface area contributed by atoms with Gasteiger partial charge in [0.25, 0.3) is 0 Å². The summed E-state index contributed by atoms with van der Waals surface area (Å²) in [7, 11) is 0. The second-order valence-electron chi connectivity index (χ2n) is 4.36. The molecule has 0 radical (unpaired) electrons. The van der Waals surface area contributed by atoms with E-state index in [1.807, 2.05) is 6.07 Å². The average molecular weight is 220 g/mol. The third-order valence-electron chi connectivity index (χ3n) is 2.98. The van der Waals surface area contributed by atoms with Crippen molar-refractivity contribution in [2.45, 2.75) is 38.8 Å². The van der Waals surface area contributed by atoms with E-state index in [0.29, 0.717) is 0 Å². The molecular weight excluding hydrogens is 200 g/mol. The predicted molar refractivity (Wildman–Crippen MR) is 65.8 cm³/mol. The molecule has 1 fully saturated rings. The minimum Gasteiger partial charge on any atom is -0.308 e. The number of aromatic nitrogens is 1. The number of pyridine rings is 1. The topological polar surface area (TPSA) is 54.2 Å². The van der Waals surface area contributed by atoms with E-state index in [4.69, 9.17) is 5.84 Å². The highest BCUT2D eigenvalue weighted by Gasteiger charge is 2.28. The first-order chi connectivity index (χ1) is 7.85. The summed E-state index contributed by atoms with van der Waals surface area (Å²) in [4.78, 5) is 6.75. The number of nitrogens with zero attached hydrogens (tertiary/aromatic N) is 2. The van der Waals surface area contributed by atoms with Crippen molar-refractivity contribution in [1.29, 1.82) is 0 Å². The van der Waals surface area contributed by atoms with E-state index in [9.17, 15) is 0 Å². The Morgan fingerprint density at radius 3 is 3.00 bits per heavy atom. The number of nitrogen functional groups attached to an aromatic ring is 1. The Kier molecular flexibility index (Phi) is 3.74. The average Bonchev–Trinajstić information content (AvgIpc) is 3.13. The van der Waals surface area contributed by atoms with E-state index in [0.717, 1.165) is 24.9 Å². The molecule has 1 aliphatic carbocycles. The Labute approximate surface area is 96.8 Å². The minimum absolute atomic E-state index is 0.783. The predicted octanol–water partition coefficient (Wildman–Crippen LogP) is 1.74. The number of hydrazine groups is 1. The zero-order valence-electron chi connectivity index (χ0n) is 9.82. The fourth-order valence-electron chi connectivity index (χ4n) is 2.03. The standard InChI is InChI=1S/C12H20N4/c1-2-8-16(11-5-6-11)9-10-4-3-7-14-12(10)15-13/h3-4,7,11H,2,5-6,8-9,13H2,1H3,(H,14,15). The van der Waals surface area contributed by atoms with Crippen molar-refractivity contribution in [2.24, 2.45) is 5.84 Å². The third kappa shape index (κ3) is 2.71. The van der Waals surface area contributed by atoms with E-state index in [2.05, 4.69) is 28.3 Å². The Morgan fingerprint density at radius 2 is 2.38 bits per heavy atom. The molecule has 0 unspecified atom stereocenters. The Bertz CT molecular complexity index is 336. The monoisotopic (exact) mass is 220 g/mol. The number of nitrogens with two attached hydrogens (primary N) is 1. The first-order valence-electron chi connectivity index (χ1n) is 5.99. The molecule has 1 aromatic rings. The first kappa shape index (κ1) is 11.4. The molecule has 3 N–H and O–H groups in total. The van der Waals surface area contributed by atoms with Gasteiger partial charge in [-0.25, -0.2) is 10.8 Å². The molecule has 0 aliphatic heterocycles. The van der Waals surface area contributed by atoms with Crippen LogP contribution in [0, 0.1) is 0 Å². The van der Waals surface area contributed by atoms with Gasteiger partial charge in [0.05, 0.1) is 0 Å². The molecule has 4 heteroatoms. The molecule has 0 atom stereocenters. The van der Waals surface area contributed by atoms with Gasteiger partial charge >= 0.3 is 0 Å². The second-order valence-corrected chi connectivity index (χ2v) is 4.36. The summed E-state index contributed by atoms with van der Waals surface area (Å²) in [5, 5.41) is 0. The summed E-state index contributed by atoms with van der Waals surface area (Å²) < 4.78 is 0. The highest BCUT2D eigenvalue weighted by atomic mass is 15.3. The maximum Gasteiger partial charge on any atom is 0.144 e. The second kappa shape index (κ2) is 5.27. The molecule has 0 aromatic carbocycles. The van der Waals surface area contributed by atoms with Crippen LogP contribution in [-0.4, -0.2) is 22.5 Å². The molecule has 1 aliphatic rings. The third-order valence-corrected chi connectivity index (χ3v) is 2.98. The smallest absolute Gasteiger partial charge is 0.144 e. The van der Waals surface area contributed by atoms with Gasteiger partial charge in [-0.1, -0.05) is 13.0 Å². The van der Waals surface area contributed by atoms with Crippen LogP contribution in [0.4, 0.5) is 5.82 Å². The molecule has 0 bridgehead atoms. The van der Waals surface area contributed by atoms with Crippen molar-refractivity contribution >= 4 is 5.82 Å². The minimum atomic E-state index is 0.783. The van der Waals surface area contributed by atoms with E-state index in [1.54, 1.807) is 6.20 Å². The number of rotatable bonds is 6. The summed E-state index contributed by atoms with van der Waals surface area (Å²) in [5.74, 6) is 6.26. The number of anilines is 1. The molecular formula is C12H20N4. The molecule has 88 valence electrons. The first-order valence-corrected chi connectivity index (χ1v) is 5.99. The lowest BCUT2D eigenvalue weighted by atomic mass is 10.2. The summed E-state index contributed by atoms with van der Waals surface area (Å²) in [6, 6.07) is 4.84. The maximum atomic E-state index is 5.46. The van der Waals surface area contributed by atoms with Gasteiger partial charge in [-0.15, -0.1) is 0 Å². The SMILES string of the molecule is CCCN(Cc1cccnc1NN)C1CC1. The van der Waals surface area contributed by atoms with Crippen LogP contribution in [0.2, 0.25) is 0 Å². The van der Waals surface area contributed by atoms with Gasteiger partial charge in [-0.2, -0.15) is 0 Å². The van der Waals surface area contributed by atoms with E-state index in [1.165, 1.54) is 24.8 Å². The van der Waals surface area contributed by atoms with Gasteiger partial charge in [0.1, 0.15) is 5.82 Å². The Balaban J connectivity index is 2.05. The number of nitrogens with one attached hydrogen (secondary N) is 1. The van der Waals surface area contributed by atoms with Crippen molar-refractivity contribution in [2.75, 3.05) is 12.0 Å². The van der Waals surface area contributed by atoms with Crippen molar-refractivity contribution in [3.8, 4) is 0 Å². The van der Waals surface area contributed by atoms with E-state index in [-0.39, 0.29) is 0 Å². The van der Waals surface area contributed by atoms with Crippen LogP contribution < -0.4 is 11.3 Å². The van der Waals surface area contributed by atoms with Gasteiger partial charge in [0.2, 0.25) is 0 Å². The quantitative estimate of drug-likeness (QED) is 0.566. The molecule has 1 saturated carbocycles. The lowest BCUT2D eigenvalue weighted by Gasteiger charge is -2.22. The van der Waals surface area contributed by atoms with Crippen molar-refractivity contribution < 1.29 is 0 Å². The van der Waals surface area contributed by atoms with Gasteiger partial charge in [-0.05, 0) is 31.9 Å². The Morgan fingerprint density at radius 1 is 1.56 bits per heavy atom. The summed E-state index contributed by atoms with van der Waals surface area (Å²) in [6.07, 6.45) is 5.64. The van der Waals surface area contributed by atoms with Crippen LogP contribution in [-0.2, 0) is 6.54 Å². The van der Waals surface area contributed by atoms with E-state index < -0.39 is 0 Å². The zero-order valence-corrected chi connectivity index (χ0v) is 9.82. The fraction of sp³-hybridized carbons (Fsp3) is 0.583. The van der Waals surface area contributed by atoms with Gasteiger partial charge in [0.15, 0.2) is 0 Å². The normalized spacial score (nSPS) is 15.4. The molecule has 1 heterocycles. The molecule has 4 nitrogen and oxygen atoms in total. The van der Waals surface area contributed by atoms with Crippen molar-refractivity contribution in [3.63, 3.8) is 0 Å². The van der Waals surface area contributed by atoms with Crippen LogP contribution in [0.1, 0.15) is 31.7 Å². The maximum absolute atomic E-state index is 5.46.